The number of ether oxygens (including phenoxy) is 2. The number of hydrogen-bond acceptors (Lipinski definition) is 9. The molecule has 0 aliphatic carbocycles. The third kappa shape index (κ3) is 8.87. The van der Waals surface area contributed by atoms with Crippen molar-refractivity contribution in [2.75, 3.05) is 33.9 Å². The van der Waals surface area contributed by atoms with Crippen molar-refractivity contribution in [1.29, 1.82) is 0 Å². The van der Waals surface area contributed by atoms with Crippen molar-refractivity contribution in [2.45, 2.75) is 95.8 Å². The SMILES string of the molecule is COC(=O)N[C@H](C(=O)N1CCC[C@H]1c1ncc(-c2ccc(-c3ccc(-c4nc5[nH]c4CC(=O)NCCCC[C@@](C)(NC(=O)OC)C(=O)N4CCC[C@@H]54)cc3)cc2)[nH]1)C(C)C. The van der Waals surface area contributed by atoms with Crippen LogP contribution >= 0.6 is 0 Å². The van der Waals surface area contributed by atoms with E-state index in [-0.39, 0.29) is 42.1 Å². The van der Waals surface area contributed by atoms with Crippen molar-refractivity contribution in [3.63, 3.8) is 0 Å². The van der Waals surface area contributed by atoms with Crippen molar-refractivity contribution in [2.24, 2.45) is 5.92 Å². The first-order valence-corrected chi connectivity index (χ1v) is 20.8. The smallest absolute Gasteiger partial charge is 0.407 e. The normalized spacial score (nSPS) is 21.5. The summed E-state index contributed by atoms with van der Waals surface area (Å²) in [6, 6.07) is 14.9. The highest BCUT2D eigenvalue weighted by molar-refractivity contribution is 5.90. The molecule has 3 aliphatic heterocycles. The average molecular weight is 822 g/mol. The maximum atomic E-state index is 14.1. The van der Waals surface area contributed by atoms with Gasteiger partial charge in [-0.15, -0.1) is 0 Å². The lowest BCUT2D eigenvalue weighted by Crippen LogP contribution is -2.57. The summed E-state index contributed by atoms with van der Waals surface area (Å²) in [4.78, 5) is 85.4. The van der Waals surface area contributed by atoms with Crippen molar-refractivity contribution in [3.8, 4) is 33.6 Å². The quantitative estimate of drug-likeness (QED) is 0.146. The monoisotopic (exact) mass is 821 g/mol. The lowest BCUT2D eigenvalue weighted by Gasteiger charge is -2.35. The van der Waals surface area contributed by atoms with Gasteiger partial charge in [-0.3, -0.25) is 14.4 Å². The molecule has 2 saturated heterocycles. The van der Waals surface area contributed by atoms with Crippen LogP contribution in [0.4, 0.5) is 9.59 Å². The van der Waals surface area contributed by atoms with E-state index in [1.54, 1.807) is 22.9 Å². The van der Waals surface area contributed by atoms with Gasteiger partial charge in [-0.2, -0.15) is 0 Å². The molecule has 0 unspecified atom stereocenters. The Morgan fingerprint density at radius 1 is 0.817 bits per heavy atom. The number of aromatic nitrogens is 4. The number of fused-ring (bicyclic) bond motifs is 4. The fourth-order valence-electron chi connectivity index (χ4n) is 8.63. The van der Waals surface area contributed by atoms with E-state index in [4.69, 9.17) is 14.5 Å². The van der Waals surface area contributed by atoms with Crippen LogP contribution in [0.15, 0.2) is 54.7 Å². The topological polar surface area (TPSA) is 204 Å². The first-order chi connectivity index (χ1) is 28.9. The van der Waals surface area contributed by atoms with Gasteiger partial charge >= 0.3 is 12.2 Å². The van der Waals surface area contributed by atoms with Crippen LogP contribution in [0.2, 0.25) is 0 Å². The minimum absolute atomic E-state index is 0.114. The summed E-state index contributed by atoms with van der Waals surface area (Å²) in [5.41, 5.74) is 4.77. The standard InChI is InChI=1S/C44H55N9O7/c1-26(2)36(50-42(57)59-4)40(55)52-22-8-10-33(52)38-46-25-32(48-38)29-16-12-27(13-17-29)28-14-18-30(19-15-28)37-31-24-35(54)45-21-7-6-20-44(3,51-43(58)60-5)41(56)53-23-9-11-34(53)39(47-31)49-37/h12-19,25-26,33-34,36H,6-11,20-24H2,1-5H3,(H,45,54)(H,46,48)(H,47,49)(H,50,57)(H,51,58)/t33-,34-,36-,44+/m0/s1. The Balaban J connectivity index is 1.08. The molecule has 5 heterocycles. The minimum Gasteiger partial charge on any atom is -0.453 e. The summed E-state index contributed by atoms with van der Waals surface area (Å²) < 4.78 is 9.64. The number of methoxy groups -OCH3 is 2. The van der Waals surface area contributed by atoms with Gasteiger partial charge in [-0.25, -0.2) is 19.6 Å². The van der Waals surface area contributed by atoms with Crippen molar-refractivity contribution in [3.05, 3.63) is 72.1 Å². The fraction of sp³-hybridized carbons (Fsp3) is 0.477. The summed E-state index contributed by atoms with van der Waals surface area (Å²) >= 11 is 0. The van der Waals surface area contributed by atoms with Gasteiger partial charge in [0.05, 0.1) is 56.0 Å². The van der Waals surface area contributed by atoms with Gasteiger partial charge < -0.3 is 45.2 Å². The molecule has 318 valence electrons. The Hall–Kier alpha value is -6.19. The second-order valence-corrected chi connectivity index (χ2v) is 16.4. The van der Waals surface area contributed by atoms with Gasteiger partial charge in [0, 0.05) is 25.2 Å². The van der Waals surface area contributed by atoms with Crippen LogP contribution in [0, 0.1) is 5.92 Å². The van der Waals surface area contributed by atoms with E-state index in [1.165, 1.54) is 14.2 Å². The molecule has 0 radical (unpaired) electrons. The molecule has 4 aromatic rings. The first kappa shape index (κ1) is 42.0. The van der Waals surface area contributed by atoms with Crippen LogP contribution in [0.1, 0.15) is 95.1 Å². The largest absolute Gasteiger partial charge is 0.453 e. The second-order valence-electron chi connectivity index (χ2n) is 16.4. The molecule has 2 aromatic heterocycles. The van der Waals surface area contributed by atoms with Gasteiger partial charge in [0.25, 0.3) is 0 Å². The number of hydrogen-bond donors (Lipinski definition) is 5. The lowest BCUT2D eigenvalue weighted by atomic mass is 9.92. The van der Waals surface area contributed by atoms with Crippen molar-refractivity contribution in [1.82, 2.24) is 45.7 Å². The Kier molecular flexibility index (Phi) is 12.6. The fourth-order valence-corrected chi connectivity index (χ4v) is 8.63. The van der Waals surface area contributed by atoms with E-state index in [9.17, 15) is 24.0 Å². The summed E-state index contributed by atoms with van der Waals surface area (Å²) in [5, 5.41) is 8.49. The molecule has 4 atom stereocenters. The van der Waals surface area contributed by atoms with E-state index in [1.807, 2.05) is 62.4 Å². The number of likely N-dealkylation sites (tertiary alicyclic amines) is 1. The zero-order valence-corrected chi connectivity index (χ0v) is 34.9. The number of carbonyl (C=O) groups excluding carboxylic acids is 5. The molecule has 60 heavy (non-hydrogen) atoms. The molecule has 2 bridgehead atoms. The summed E-state index contributed by atoms with van der Waals surface area (Å²) in [7, 11) is 2.56. The van der Waals surface area contributed by atoms with E-state index >= 15 is 0 Å². The number of aromatic amines is 2. The van der Waals surface area contributed by atoms with Gasteiger partial charge in [0.1, 0.15) is 23.2 Å². The summed E-state index contributed by atoms with van der Waals surface area (Å²) in [6.07, 6.45) is 5.34. The average Bonchev–Trinajstić information content (AvgIpc) is 4.09. The van der Waals surface area contributed by atoms with Gasteiger partial charge in [0.15, 0.2) is 0 Å². The Morgan fingerprint density at radius 3 is 2.15 bits per heavy atom. The Morgan fingerprint density at radius 2 is 1.47 bits per heavy atom. The highest BCUT2D eigenvalue weighted by atomic mass is 16.5. The van der Waals surface area contributed by atoms with Crippen LogP contribution < -0.4 is 16.0 Å². The zero-order valence-electron chi connectivity index (χ0n) is 34.9. The molecule has 0 spiro atoms. The third-order valence-electron chi connectivity index (χ3n) is 12.0. The highest BCUT2D eigenvalue weighted by Gasteiger charge is 2.44. The number of amides is 5. The number of alkyl carbamates (subject to hydrolysis) is 2. The van der Waals surface area contributed by atoms with E-state index in [0.29, 0.717) is 68.4 Å². The van der Waals surface area contributed by atoms with Crippen LogP contribution in [0.25, 0.3) is 33.6 Å². The number of rotatable bonds is 8. The second kappa shape index (κ2) is 18.0. The molecule has 5 N–H and O–H groups in total. The Bertz CT molecular complexity index is 2200. The van der Waals surface area contributed by atoms with E-state index in [2.05, 4.69) is 30.9 Å². The molecular weight excluding hydrogens is 767 g/mol. The first-order valence-electron chi connectivity index (χ1n) is 20.8. The predicted molar refractivity (Wildman–Crippen MR) is 223 cm³/mol. The maximum absolute atomic E-state index is 14.1. The number of H-pyrrole nitrogens is 2. The number of nitrogens with zero attached hydrogens (tertiary/aromatic N) is 4. The molecule has 16 nitrogen and oxygen atoms in total. The van der Waals surface area contributed by atoms with Crippen LogP contribution in [-0.4, -0.2) is 105 Å². The number of nitrogens with one attached hydrogen (secondary N) is 5. The Labute approximate surface area is 349 Å². The maximum Gasteiger partial charge on any atom is 0.407 e. The van der Waals surface area contributed by atoms with E-state index < -0.39 is 23.8 Å². The molecule has 0 saturated carbocycles. The predicted octanol–water partition coefficient (Wildman–Crippen LogP) is 5.80. The van der Waals surface area contributed by atoms with Crippen molar-refractivity contribution < 1.29 is 33.4 Å². The summed E-state index contributed by atoms with van der Waals surface area (Å²) in [5.74, 6) is 0.733. The molecule has 2 aromatic carbocycles. The summed E-state index contributed by atoms with van der Waals surface area (Å²) in [6.45, 7) is 7.07. The van der Waals surface area contributed by atoms with Gasteiger partial charge in [-0.05, 0) is 74.5 Å². The molecule has 7 rings (SSSR count). The number of imidazole rings is 2. The van der Waals surface area contributed by atoms with E-state index in [0.717, 1.165) is 47.2 Å². The molecule has 5 amide bonds. The number of benzene rings is 2. The lowest BCUT2D eigenvalue weighted by molar-refractivity contribution is -0.139. The number of carbonyl (C=O) groups is 5. The third-order valence-corrected chi connectivity index (χ3v) is 12.0. The van der Waals surface area contributed by atoms with Crippen LogP contribution in [0.5, 0.6) is 0 Å². The molecule has 3 aliphatic rings. The van der Waals surface area contributed by atoms with Crippen LogP contribution in [0.3, 0.4) is 0 Å². The van der Waals surface area contributed by atoms with Gasteiger partial charge in [0.2, 0.25) is 17.7 Å². The molecular formula is C44H55N9O7. The molecule has 2 fully saturated rings. The van der Waals surface area contributed by atoms with Gasteiger partial charge in [-0.1, -0.05) is 62.4 Å². The highest BCUT2D eigenvalue weighted by Crippen LogP contribution is 2.37. The van der Waals surface area contributed by atoms with Crippen molar-refractivity contribution >= 4 is 29.9 Å². The minimum atomic E-state index is -1.18. The molecule has 16 heteroatoms. The zero-order chi connectivity index (χ0) is 42.6. The van der Waals surface area contributed by atoms with Crippen LogP contribution in [-0.2, 0) is 30.3 Å².